The highest BCUT2D eigenvalue weighted by Gasteiger charge is 2.45. The van der Waals surface area contributed by atoms with Crippen molar-refractivity contribution in [3.8, 4) is 0 Å². The van der Waals surface area contributed by atoms with E-state index in [9.17, 15) is 18.5 Å². The Morgan fingerprint density at radius 2 is 1.75 bits per heavy atom. The summed E-state index contributed by atoms with van der Waals surface area (Å²) in [6.45, 7) is 1.85. The van der Waals surface area contributed by atoms with Gasteiger partial charge in [-0.1, -0.05) is 35.9 Å². The molecule has 2 aromatic carbocycles. The molecule has 1 aromatic heterocycles. The summed E-state index contributed by atoms with van der Waals surface area (Å²) in [5.74, 6) is 0.174. The van der Waals surface area contributed by atoms with Crippen molar-refractivity contribution < 1.29 is 17.8 Å². The predicted octanol–water partition coefficient (Wildman–Crippen LogP) is 4.16. The first-order valence-corrected chi connectivity index (χ1v) is 9.93. The van der Waals surface area contributed by atoms with E-state index in [1.54, 1.807) is 42.5 Å². The van der Waals surface area contributed by atoms with Gasteiger partial charge in [0, 0.05) is 11.6 Å². The van der Waals surface area contributed by atoms with Gasteiger partial charge in [0.1, 0.15) is 5.76 Å². The van der Waals surface area contributed by atoms with E-state index >= 15 is 0 Å². The Bertz CT molecular complexity index is 1170. The van der Waals surface area contributed by atoms with Crippen LogP contribution in [0.15, 0.2) is 81.9 Å². The maximum atomic E-state index is 13.6. The molecule has 0 saturated heterocycles. The molecule has 0 unspecified atom stereocenters. The lowest BCUT2D eigenvalue weighted by atomic mass is 10.0. The van der Waals surface area contributed by atoms with Crippen molar-refractivity contribution in [1.29, 1.82) is 0 Å². The number of nitrogens with zero attached hydrogens (tertiary/aromatic N) is 2. The highest BCUT2D eigenvalue weighted by atomic mass is 32.2. The van der Waals surface area contributed by atoms with E-state index in [2.05, 4.69) is 0 Å². The van der Waals surface area contributed by atoms with E-state index in [1.165, 1.54) is 30.5 Å². The Hall–Kier alpha value is -3.39. The van der Waals surface area contributed by atoms with Gasteiger partial charge in [-0.25, -0.2) is 12.7 Å². The lowest BCUT2D eigenvalue weighted by molar-refractivity contribution is -0.428. The van der Waals surface area contributed by atoms with Crippen LogP contribution in [0, 0.1) is 17.0 Å². The zero-order valence-corrected chi connectivity index (χ0v) is 15.7. The van der Waals surface area contributed by atoms with Crippen LogP contribution in [0.3, 0.4) is 0 Å². The Morgan fingerprint density at radius 1 is 1.04 bits per heavy atom. The van der Waals surface area contributed by atoms with Crippen LogP contribution in [-0.4, -0.2) is 13.3 Å². The average Bonchev–Trinajstić information content (AvgIpc) is 3.21. The summed E-state index contributed by atoms with van der Waals surface area (Å²) in [4.78, 5) is 11.3. The number of fused-ring (bicyclic) bond motifs is 1. The Balaban J connectivity index is 1.99. The lowest BCUT2D eigenvalue weighted by Crippen LogP contribution is -2.39. The second kappa shape index (κ2) is 6.65. The molecule has 0 saturated carbocycles. The third-order valence-electron chi connectivity index (χ3n) is 4.59. The van der Waals surface area contributed by atoms with E-state index in [4.69, 9.17) is 4.42 Å². The number of aryl methyl sites for hydroxylation is 1. The van der Waals surface area contributed by atoms with Crippen LogP contribution in [0.25, 0.3) is 6.08 Å². The molecule has 0 N–H and O–H groups in total. The summed E-state index contributed by atoms with van der Waals surface area (Å²) in [7, 11) is -4.11. The summed E-state index contributed by atoms with van der Waals surface area (Å²) in [6.07, 6.45) is 2.76. The Morgan fingerprint density at radius 3 is 2.39 bits per heavy atom. The van der Waals surface area contributed by atoms with E-state index in [1.807, 2.05) is 6.92 Å². The highest BCUT2D eigenvalue weighted by molar-refractivity contribution is 7.92. The number of rotatable bonds is 4. The minimum absolute atomic E-state index is 0.0501. The molecule has 7 nitrogen and oxygen atoms in total. The fourth-order valence-corrected chi connectivity index (χ4v) is 4.88. The van der Waals surface area contributed by atoms with Gasteiger partial charge < -0.3 is 4.42 Å². The summed E-state index contributed by atoms with van der Waals surface area (Å²) in [5.41, 5.74) is 1.44. The Kier molecular flexibility index (Phi) is 4.27. The lowest BCUT2D eigenvalue weighted by Gasteiger charge is -2.33. The molecule has 0 fully saturated rings. The monoisotopic (exact) mass is 396 g/mol. The molecule has 3 aromatic rings. The number of nitro groups is 1. The molecule has 4 rings (SSSR count). The topological polar surface area (TPSA) is 93.7 Å². The van der Waals surface area contributed by atoms with Crippen LogP contribution in [-0.2, 0) is 10.0 Å². The number of hydrogen-bond acceptors (Lipinski definition) is 5. The SMILES string of the molecule is Cc1ccc(S(=O)(=O)N2c3ccccc3C=C([N+](=O)[O-])[C@@H]2c2ccco2)cc1. The van der Waals surface area contributed by atoms with Gasteiger partial charge in [0.2, 0.25) is 0 Å². The molecule has 142 valence electrons. The first kappa shape index (κ1) is 18.0. The smallest absolute Gasteiger partial charge is 0.278 e. The molecule has 1 aliphatic heterocycles. The van der Waals surface area contributed by atoms with Gasteiger partial charge >= 0.3 is 0 Å². The highest BCUT2D eigenvalue weighted by Crippen LogP contribution is 2.44. The standard InChI is InChI=1S/C20H16N2O5S/c1-14-8-10-16(11-9-14)28(25,26)21-17-6-3-2-5-15(17)13-18(22(23)24)20(21)19-7-4-12-27-19/h2-13,20H,1H3/t20-/m1/s1. The number of hydrogen-bond donors (Lipinski definition) is 0. The molecule has 0 amide bonds. The maximum absolute atomic E-state index is 13.6. The zero-order chi connectivity index (χ0) is 19.9. The summed E-state index contributed by atoms with van der Waals surface area (Å²) >= 11 is 0. The first-order chi connectivity index (χ1) is 13.4. The fourth-order valence-electron chi connectivity index (χ4n) is 3.26. The van der Waals surface area contributed by atoms with Gasteiger partial charge in [-0.3, -0.25) is 10.1 Å². The van der Waals surface area contributed by atoms with Crippen molar-refractivity contribution in [3.63, 3.8) is 0 Å². The predicted molar refractivity (Wildman–Crippen MR) is 104 cm³/mol. The summed E-state index contributed by atoms with van der Waals surface area (Å²) in [5, 5.41) is 11.8. The molecule has 1 atom stereocenters. The molecule has 0 radical (unpaired) electrons. The van der Waals surface area contributed by atoms with Gasteiger partial charge in [-0.15, -0.1) is 0 Å². The van der Waals surface area contributed by atoms with Gasteiger partial charge in [-0.05, 0) is 37.3 Å². The molecule has 0 spiro atoms. The molecule has 0 bridgehead atoms. The van der Waals surface area contributed by atoms with Crippen molar-refractivity contribution in [2.45, 2.75) is 17.9 Å². The summed E-state index contributed by atoms with van der Waals surface area (Å²) in [6, 6.07) is 14.9. The molecular formula is C20H16N2O5S. The maximum Gasteiger partial charge on any atom is 0.278 e. The molecule has 28 heavy (non-hydrogen) atoms. The zero-order valence-electron chi connectivity index (χ0n) is 14.8. The number of sulfonamides is 1. The van der Waals surface area contributed by atoms with Crippen molar-refractivity contribution in [2.24, 2.45) is 0 Å². The van der Waals surface area contributed by atoms with E-state index in [0.29, 0.717) is 11.3 Å². The minimum Gasteiger partial charge on any atom is -0.466 e. The average molecular weight is 396 g/mol. The first-order valence-electron chi connectivity index (χ1n) is 8.49. The van der Waals surface area contributed by atoms with Crippen LogP contribution in [0.4, 0.5) is 5.69 Å². The van der Waals surface area contributed by atoms with Gasteiger partial charge in [-0.2, -0.15) is 0 Å². The second-order valence-corrected chi connectivity index (χ2v) is 8.23. The third kappa shape index (κ3) is 2.87. The van der Waals surface area contributed by atoms with Crippen LogP contribution in [0.1, 0.15) is 22.9 Å². The van der Waals surface area contributed by atoms with Gasteiger partial charge in [0.25, 0.3) is 15.7 Å². The van der Waals surface area contributed by atoms with Crippen LogP contribution < -0.4 is 4.31 Å². The molecule has 8 heteroatoms. The number of para-hydroxylation sites is 1. The Labute approximate surface area is 161 Å². The van der Waals surface area contributed by atoms with Gasteiger partial charge in [0.15, 0.2) is 6.04 Å². The summed E-state index contributed by atoms with van der Waals surface area (Å²) < 4.78 is 33.6. The second-order valence-electron chi connectivity index (χ2n) is 6.42. The molecular weight excluding hydrogens is 380 g/mol. The minimum atomic E-state index is -4.11. The fraction of sp³-hybridized carbons (Fsp3) is 0.100. The van der Waals surface area contributed by atoms with Crippen molar-refractivity contribution in [2.75, 3.05) is 4.31 Å². The molecule has 0 aliphatic carbocycles. The van der Waals surface area contributed by atoms with Gasteiger partial charge in [0.05, 0.1) is 21.8 Å². The van der Waals surface area contributed by atoms with Crippen molar-refractivity contribution in [3.05, 3.63) is 99.6 Å². The van der Waals surface area contributed by atoms with Crippen LogP contribution >= 0.6 is 0 Å². The van der Waals surface area contributed by atoms with E-state index in [-0.39, 0.29) is 16.4 Å². The van der Waals surface area contributed by atoms with E-state index in [0.717, 1.165) is 9.87 Å². The molecule has 2 heterocycles. The number of anilines is 1. The normalized spacial score (nSPS) is 16.4. The van der Waals surface area contributed by atoms with Crippen molar-refractivity contribution >= 4 is 21.8 Å². The quantitative estimate of drug-likeness (QED) is 0.488. The van der Waals surface area contributed by atoms with E-state index < -0.39 is 21.0 Å². The number of furan rings is 1. The number of benzene rings is 2. The van der Waals surface area contributed by atoms with Crippen LogP contribution in [0.2, 0.25) is 0 Å². The van der Waals surface area contributed by atoms with Crippen LogP contribution in [0.5, 0.6) is 0 Å². The largest absolute Gasteiger partial charge is 0.466 e. The molecule has 1 aliphatic rings. The van der Waals surface area contributed by atoms with Crippen molar-refractivity contribution in [1.82, 2.24) is 0 Å². The third-order valence-corrected chi connectivity index (χ3v) is 6.39.